The van der Waals surface area contributed by atoms with Crippen molar-refractivity contribution in [1.82, 2.24) is 10.6 Å². The fraction of sp³-hybridized carbons (Fsp3) is 0.500. The van der Waals surface area contributed by atoms with Crippen molar-refractivity contribution in [3.63, 3.8) is 0 Å². The van der Waals surface area contributed by atoms with Crippen LogP contribution >= 0.6 is 32.3 Å². The molecule has 3 heterocycles. The Balaban J connectivity index is 1.84. The molecular formula is C10H12N5O6PS2. The zero-order valence-corrected chi connectivity index (χ0v) is 14.3. The Bertz CT molecular complexity index is 735. The van der Waals surface area contributed by atoms with Gasteiger partial charge in [0, 0.05) is 0 Å². The molecule has 2 unspecified atom stereocenters. The van der Waals surface area contributed by atoms with Crippen LogP contribution in [0.5, 0.6) is 0 Å². The average Bonchev–Trinajstić information content (AvgIpc) is 2.47. The van der Waals surface area contributed by atoms with Crippen molar-refractivity contribution in [2.45, 2.75) is 24.7 Å². The Morgan fingerprint density at radius 2 is 2.00 bits per heavy atom. The van der Waals surface area contributed by atoms with Crippen molar-refractivity contribution in [1.29, 1.82) is 0 Å². The first-order valence-corrected chi connectivity index (χ1v) is 8.93. The van der Waals surface area contributed by atoms with E-state index in [1.165, 1.54) is 0 Å². The number of fused-ring (bicyclic) bond motifs is 2. The Kier molecular flexibility index (Phi) is 4.61. The molecule has 0 spiro atoms. The summed E-state index contributed by atoms with van der Waals surface area (Å²) in [6, 6.07) is -0.743. The molecule has 4 atom stereocenters. The third-order valence-corrected chi connectivity index (χ3v) is 4.89. The number of phosphoric ester groups is 1. The van der Waals surface area contributed by atoms with E-state index in [1.807, 2.05) is 0 Å². The van der Waals surface area contributed by atoms with Crippen LogP contribution in [0, 0.1) is 0 Å². The zero-order chi connectivity index (χ0) is 17.6. The van der Waals surface area contributed by atoms with Gasteiger partial charge in [0.15, 0.2) is 24.1 Å². The van der Waals surface area contributed by atoms with Gasteiger partial charge >= 0.3 is 7.82 Å². The van der Waals surface area contributed by atoms with Crippen molar-refractivity contribution < 1.29 is 28.4 Å². The molecule has 3 aliphatic heterocycles. The lowest BCUT2D eigenvalue weighted by molar-refractivity contribution is -0.115. The Morgan fingerprint density at radius 3 is 2.67 bits per heavy atom. The van der Waals surface area contributed by atoms with Gasteiger partial charge in [-0.2, -0.15) is 0 Å². The van der Waals surface area contributed by atoms with Gasteiger partial charge in [-0.3, -0.25) is 20.0 Å². The summed E-state index contributed by atoms with van der Waals surface area (Å²) in [5, 5.41) is 5.26. The predicted octanol–water partition coefficient (Wildman–Crippen LogP) is -2.26. The van der Waals surface area contributed by atoms with E-state index in [0.29, 0.717) is 0 Å². The standard InChI is InChI=1S/C10H12N5O6PS2/c11-10-14-7-4(8(16)15-10)12-3-6(24)5(23)2(21-9(3)13-7)1-20-22(17,18)19/h2-3,9-10H,1,11H2,(H,13,14)(H,15,16)(H2,17,18,19)/t2-,3?,9-,10?/m1/s1. The largest absolute Gasteiger partial charge is 0.469 e. The summed E-state index contributed by atoms with van der Waals surface area (Å²) in [7, 11) is -4.68. The maximum Gasteiger partial charge on any atom is 0.469 e. The van der Waals surface area contributed by atoms with Crippen molar-refractivity contribution in [2.24, 2.45) is 15.7 Å². The van der Waals surface area contributed by atoms with E-state index in [-0.39, 0.29) is 21.3 Å². The summed E-state index contributed by atoms with van der Waals surface area (Å²) in [4.78, 5) is 38.1. The van der Waals surface area contributed by atoms with E-state index in [4.69, 9.17) is 44.7 Å². The highest BCUT2D eigenvalue weighted by molar-refractivity contribution is 7.89. The van der Waals surface area contributed by atoms with E-state index in [2.05, 4.69) is 25.1 Å². The maximum atomic E-state index is 11.9. The van der Waals surface area contributed by atoms with Gasteiger partial charge < -0.3 is 25.2 Å². The number of aliphatic imine (C=N–C) groups is 2. The minimum absolute atomic E-state index is 0.0385. The van der Waals surface area contributed by atoms with Gasteiger partial charge in [0.25, 0.3) is 5.91 Å². The number of nitrogens with zero attached hydrogens (tertiary/aromatic N) is 2. The van der Waals surface area contributed by atoms with E-state index in [9.17, 15) is 9.36 Å². The van der Waals surface area contributed by atoms with Crippen LogP contribution in [0.15, 0.2) is 9.98 Å². The van der Waals surface area contributed by atoms with Crippen molar-refractivity contribution in [2.75, 3.05) is 6.61 Å². The van der Waals surface area contributed by atoms with Crippen LogP contribution in [0.3, 0.4) is 0 Å². The normalized spacial score (nSPS) is 32.9. The molecule has 0 aromatic rings. The Hall–Kier alpha value is -1.18. The number of thiocarbonyl (C=S) groups is 2. The number of nitrogens with two attached hydrogens (primary N) is 1. The number of rotatable bonds is 3. The average molecular weight is 393 g/mol. The number of hydrogen-bond donors (Lipinski definition) is 5. The number of ether oxygens (including phenoxy) is 1. The van der Waals surface area contributed by atoms with Crippen LogP contribution in [-0.2, 0) is 18.6 Å². The van der Waals surface area contributed by atoms with Crippen LogP contribution in [0.1, 0.15) is 0 Å². The third kappa shape index (κ3) is 3.43. The molecule has 3 aliphatic rings. The number of amidine groups is 1. The molecule has 0 bridgehead atoms. The highest BCUT2D eigenvalue weighted by Gasteiger charge is 2.45. The SMILES string of the molecule is NC1N=C2N[C@@H]3O[C@H](COP(=O)(O)O)C(=S)C(=S)C3N=C2C(=O)N1. The fourth-order valence-electron chi connectivity index (χ4n) is 2.32. The van der Waals surface area contributed by atoms with Crippen LogP contribution in [0.4, 0.5) is 0 Å². The van der Waals surface area contributed by atoms with Crippen LogP contribution in [0.2, 0.25) is 0 Å². The first-order chi connectivity index (χ1) is 11.2. The summed E-state index contributed by atoms with van der Waals surface area (Å²) in [5.41, 5.74) is 5.60. The van der Waals surface area contributed by atoms with Gasteiger partial charge in [-0.1, -0.05) is 24.4 Å². The minimum Gasteiger partial charge on any atom is -0.345 e. The summed E-state index contributed by atoms with van der Waals surface area (Å²) < 4.78 is 20.9. The number of hydrogen-bond acceptors (Lipinski definition) is 10. The number of amides is 1. The quantitative estimate of drug-likeness (QED) is 0.261. The van der Waals surface area contributed by atoms with Crippen LogP contribution < -0.4 is 16.4 Å². The summed E-state index contributed by atoms with van der Waals surface area (Å²) >= 11 is 10.4. The molecule has 130 valence electrons. The molecular weight excluding hydrogens is 381 g/mol. The lowest BCUT2D eigenvalue weighted by atomic mass is 10.00. The molecule has 11 nitrogen and oxygen atoms in total. The van der Waals surface area contributed by atoms with Gasteiger partial charge in [-0.05, 0) is 0 Å². The van der Waals surface area contributed by atoms with E-state index >= 15 is 0 Å². The molecule has 1 fully saturated rings. The van der Waals surface area contributed by atoms with E-state index < -0.39 is 45.0 Å². The molecule has 0 aromatic carbocycles. The monoisotopic (exact) mass is 393 g/mol. The molecule has 0 aromatic heterocycles. The summed E-state index contributed by atoms with van der Waals surface area (Å²) in [6.07, 6.45) is -2.67. The molecule has 0 radical (unpaired) electrons. The summed E-state index contributed by atoms with van der Waals surface area (Å²) in [6.45, 7) is -0.475. The predicted molar refractivity (Wildman–Crippen MR) is 89.8 cm³/mol. The molecule has 0 aliphatic carbocycles. The molecule has 0 saturated carbocycles. The second kappa shape index (κ2) is 6.28. The maximum absolute atomic E-state index is 11.9. The highest BCUT2D eigenvalue weighted by atomic mass is 32.1. The Morgan fingerprint density at radius 1 is 1.29 bits per heavy atom. The van der Waals surface area contributed by atoms with Gasteiger partial charge in [-0.25, -0.2) is 9.56 Å². The first kappa shape index (κ1) is 17.6. The molecule has 24 heavy (non-hydrogen) atoms. The summed E-state index contributed by atoms with van der Waals surface area (Å²) in [5.74, 6) is -0.350. The first-order valence-electron chi connectivity index (χ1n) is 6.58. The lowest BCUT2D eigenvalue weighted by Crippen LogP contribution is -2.65. The van der Waals surface area contributed by atoms with Gasteiger partial charge in [0.05, 0.1) is 16.3 Å². The molecule has 6 N–H and O–H groups in total. The molecule has 3 rings (SSSR count). The van der Waals surface area contributed by atoms with Crippen molar-refractivity contribution in [3.05, 3.63) is 0 Å². The minimum atomic E-state index is -4.68. The molecule has 14 heteroatoms. The topological polar surface area (TPSA) is 168 Å². The van der Waals surface area contributed by atoms with Crippen LogP contribution in [0.25, 0.3) is 0 Å². The highest BCUT2D eigenvalue weighted by Crippen LogP contribution is 2.36. The second-order valence-corrected chi connectivity index (χ2v) is 7.14. The molecule has 1 saturated heterocycles. The number of nitrogens with one attached hydrogen (secondary N) is 2. The lowest BCUT2D eigenvalue weighted by Gasteiger charge is -2.40. The smallest absolute Gasteiger partial charge is 0.345 e. The van der Waals surface area contributed by atoms with Crippen LogP contribution in [-0.4, -0.2) is 68.2 Å². The van der Waals surface area contributed by atoms with E-state index in [1.54, 1.807) is 0 Å². The number of phosphoric acid groups is 1. The van der Waals surface area contributed by atoms with Gasteiger partial charge in [0.1, 0.15) is 12.1 Å². The van der Waals surface area contributed by atoms with Crippen molar-refractivity contribution in [3.8, 4) is 0 Å². The van der Waals surface area contributed by atoms with Crippen molar-refractivity contribution >= 4 is 59.4 Å². The second-order valence-electron chi connectivity index (χ2n) is 5.02. The fourth-order valence-corrected chi connectivity index (χ4v) is 3.20. The number of carbonyl (C=O) groups is 1. The van der Waals surface area contributed by atoms with E-state index in [0.717, 1.165) is 0 Å². The Labute approximate surface area is 145 Å². The van der Waals surface area contributed by atoms with Gasteiger partial charge in [-0.15, -0.1) is 0 Å². The van der Waals surface area contributed by atoms with Gasteiger partial charge in [0.2, 0.25) is 0 Å². The third-order valence-electron chi connectivity index (χ3n) is 3.33. The number of carbonyl (C=O) groups excluding carboxylic acids is 1. The zero-order valence-electron chi connectivity index (χ0n) is 11.8. The molecule has 1 amide bonds.